The molecule has 0 radical (unpaired) electrons. The minimum atomic E-state index is -0.733. The van der Waals surface area contributed by atoms with Gasteiger partial charge in [-0.25, -0.2) is 0 Å². The van der Waals surface area contributed by atoms with Gasteiger partial charge < -0.3 is 5.11 Å². The van der Waals surface area contributed by atoms with Crippen molar-refractivity contribution in [1.82, 2.24) is 4.90 Å². The van der Waals surface area contributed by atoms with Gasteiger partial charge in [-0.05, 0) is 31.2 Å². The second-order valence-corrected chi connectivity index (χ2v) is 6.56. The lowest BCUT2D eigenvalue weighted by molar-refractivity contribution is -0.145. The summed E-state index contributed by atoms with van der Waals surface area (Å²) in [6.07, 6.45) is 4.46. The molecule has 1 N–H and O–H groups in total. The summed E-state index contributed by atoms with van der Waals surface area (Å²) in [6.45, 7) is 1.68. The summed E-state index contributed by atoms with van der Waals surface area (Å²) in [5.41, 5.74) is 0.193. The molecule has 0 amide bonds. The number of Topliss-reactive ketones (excluding diaryl/α,β-unsaturated/α-hetero) is 1. The molecule has 1 aromatic rings. The van der Waals surface area contributed by atoms with Crippen molar-refractivity contribution in [3.8, 4) is 0 Å². The fraction of sp³-hybridized carbons (Fsp3) is 0.556. The van der Waals surface area contributed by atoms with E-state index < -0.39 is 11.4 Å². The number of ketones is 1. The van der Waals surface area contributed by atoms with Crippen molar-refractivity contribution in [1.29, 1.82) is 0 Å². The van der Waals surface area contributed by atoms with Crippen LogP contribution in [0.1, 0.15) is 44.1 Å². The van der Waals surface area contributed by atoms with Crippen LogP contribution in [0.3, 0.4) is 0 Å². The van der Waals surface area contributed by atoms with Crippen molar-refractivity contribution in [2.24, 2.45) is 0 Å². The standard InChI is InChI=1S/C18H23NO3/c20-16-8-12-19(13-9-16)15-6-10-18(11-7-15,17(21)22)14-4-2-1-3-5-14/h1-5,15H,6-13H2,(H,21,22). The van der Waals surface area contributed by atoms with Gasteiger partial charge in [0.15, 0.2) is 0 Å². The van der Waals surface area contributed by atoms with Crippen LogP contribution in [-0.4, -0.2) is 40.9 Å². The Morgan fingerprint density at radius 2 is 1.68 bits per heavy atom. The summed E-state index contributed by atoms with van der Waals surface area (Å²) in [4.78, 5) is 25.7. The van der Waals surface area contributed by atoms with Gasteiger partial charge in [0.25, 0.3) is 0 Å². The Morgan fingerprint density at radius 3 is 2.23 bits per heavy atom. The van der Waals surface area contributed by atoms with Gasteiger partial charge in [0.05, 0.1) is 5.41 Å². The highest BCUT2D eigenvalue weighted by Crippen LogP contribution is 2.41. The Hall–Kier alpha value is -1.68. The normalized spacial score (nSPS) is 30.2. The molecule has 0 unspecified atom stereocenters. The number of carboxylic acid groups (broad SMARTS) is 1. The van der Waals surface area contributed by atoms with E-state index in [1.165, 1.54) is 0 Å². The van der Waals surface area contributed by atoms with E-state index in [1.807, 2.05) is 30.3 Å². The number of carbonyl (C=O) groups is 2. The highest BCUT2D eigenvalue weighted by Gasteiger charge is 2.44. The van der Waals surface area contributed by atoms with E-state index in [1.54, 1.807) is 0 Å². The van der Waals surface area contributed by atoms with Crippen LogP contribution < -0.4 is 0 Å². The lowest BCUT2D eigenvalue weighted by Crippen LogP contribution is -2.48. The smallest absolute Gasteiger partial charge is 0.314 e. The molecule has 0 atom stereocenters. The fourth-order valence-corrected chi connectivity index (χ4v) is 3.98. The van der Waals surface area contributed by atoms with Crippen molar-refractivity contribution < 1.29 is 14.7 Å². The maximum Gasteiger partial charge on any atom is 0.314 e. The monoisotopic (exact) mass is 301 g/mol. The zero-order chi connectivity index (χ0) is 15.6. The number of nitrogens with zero attached hydrogens (tertiary/aromatic N) is 1. The lowest BCUT2D eigenvalue weighted by atomic mass is 9.68. The molecule has 1 saturated heterocycles. The summed E-state index contributed by atoms with van der Waals surface area (Å²) in [7, 11) is 0. The highest BCUT2D eigenvalue weighted by molar-refractivity contribution is 5.81. The molecule has 1 aromatic carbocycles. The van der Waals surface area contributed by atoms with Crippen LogP contribution in [0.4, 0.5) is 0 Å². The zero-order valence-electron chi connectivity index (χ0n) is 12.8. The van der Waals surface area contributed by atoms with E-state index in [4.69, 9.17) is 0 Å². The number of hydrogen-bond acceptors (Lipinski definition) is 3. The molecule has 2 fully saturated rings. The molecule has 1 saturated carbocycles. The van der Waals surface area contributed by atoms with Gasteiger partial charge in [0, 0.05) is 32.0 Å². The summed E-state index contributed by atoms with van der Waals surface area (Å²) < 4.78 is 0. The van der Waals surface area contributed by atoms with Gasteiger partial charge in [0.2, 0.25) is 0 Å². The van der Waals surface area contributed by atoms with E-state index in [9.17, 15) is 14.7 Å². The SMILES string of the molecule is O=C1CCN(C2CCC(C(=O)O)(c3ccccc3)CC2)CC1. The third-order valence-corrected chi connectivity index (χ3v) is 5.42. The van der Waals surface area contributed by atoms with Gasteiger partial charge in [-0.1, -0.05) is 30.3 Å². The molecule has 22 heavy (non-hydrogen) atoms. The predicted octanol–water partition coefficient (Wildman–Crippen LogP) is 2.62. The highest BCUT2D eigenvalue weighted by atomic mass is 16.4. The molecule has 4 nitrogen and oxygen atoms in total. The van der Waals surface area contributed by atoms with E-state index in [0.29, 0.717) is 37.5 Å². The molecule has 1 heterocycles. The van der Waals surface area contributed by atoms with Crippen LogP contribution in [0.2, 0.25) is 0 Å². The average Bonchev–Trinajstić information content (AvgIpc) is 2.56. The maximum atomic E-state index is 11.9. The minimum absolute atomic E-state index is 0.358. The van der Waals surface area contributed by atoms with Gasteiger partial charge in [-0.2, -0.15) is 0 Å². The number of benzene rings is 1. The molecule has 0 aromatic heterocycles. The number of likely N-dealkylation sites (tertiary alicyclic amines) is 1. The molecule has 3 rings (SSSR count). The molecule has 0 spiro atoms. The lowest BCUT2D eigenvalue weighted by Gasteiger charge is -2.42. The molecule has 0 bridgehead atoms. The summed E-state index contributed by atoms with van der Waals surface area (Å²) in [5, 5.41) is 9.82. The number of rotatable bonds is 3. The number of aliphatic carboxylic acids is 1. The Morgan fingerprint density at radius 1 is 1.09 bits per heavy atom. The van der Waals surface area contributed by atoms with Crippen molar-refractivity contribution in [2.45, 2.75) is 50.0 Å². The van der Waals surface area contributed by atoms with Gasteiger partial charge in [-0.15, -0.1) is 0 Å². The Bertz CT molecular complexity index is 537. The Kier molecular flexibility index (Phi) is 4.30. The second kappa shape index (κ2) is 6.21. The number of piperidine rings is 1. The van der Waals surface area contributed by atoms with Crippen LogP contribution in [0.15, 0.2) is 30.3 Å². The molecule has 1 aliphatic carbocycles. The third-order valence-electron chi connectivity index (χ3n) is 5.42. The molecule has 4 heteroatoms. The van der Waals surface area contributed by atoms with Crippen LogP contribution in [0, 0.1) is 0 Å². The Labute approximate surface area is 131 Å². The summed E-state index contributed by atoms with van der Waals surface area (Å²) >= 11 is 0. The molecule has 1 aliphatic heterocycles. The zero-order valence-corrected chi connectivity index (χ0v) is 12.8. The molecule has 118 valence electrons. The van der Waals surface area contributed by atoms with Crippen LogP contribution >= 0.6 is 0 Å². The van der Waals surface area contributed by atoms with Gasteiger partial charge in [-0.3, -0.25) is 14.5 Å². The third kappa shape index (κ3) is 2.80. The fourth-order valence-electron chi connectivity index (χ4n) is 3.98. The van der Waals surface area contributed by atoms with Gasteiger partial charge in [0.1, 0.15) is 5.78 Å². The van der Waals surface area contributed by atoms with Crippen molar-refractivity contribution in [2.75, 3.05) is 13.1 Å². The van der Waals surface area contributed by atoms with Crippen molar-refractivity contribution in [3.63, 3.8) is 0 Å². The first-order valence-corrected chi connectivity index (χ1v) is 8.16. The minimum Gasteiger partial charge on any atom is -0.481 e. The average molecular weight is 301 g/mol. The number of carboxylic acids is 1. The maximum absolute atomic E-state index is 11.9. The topological polar surface area (TPSA) is 57.6 Å². The largest absolute Gasteiger partial charge is 0.481 e. The van der Waals surface area contributed by atoms with Gasteiger partial charge >= 0.3 is 5.97 Å². The van der Waals surface area contributed by atoms with E-state index >= 15 is 0 Å². The number of hydrogen-bond donors (Lipinski definition) is 1. The molecular formula is C18H23NO3. The van der Waals surface area contributed by atoms with Crippen molar-refractivity contribution in [3.05, 3.63) is 35.9 Å². The number of carbonyl (C=O) groups excluding carboxylic acids is 1. The van der Waals surface area contributed by atoms with Crippen molar-refractivity contribution >= 4 is 11.8 Å². The Balaban J connectivity index is 1.71. The van der Waals surface area contributed by atoms with E-state index in [-0.39, 0.29) is 0 Å². The van der Waals surface area contributed by atoms with E-state index in [0.717, 1.165) is 31.5 Å². The van der Waals surface area contributed by atoms with Crippen LogP contribution in [-0.2, 0) is 15.0 Å². The first kappa shape index (κ1) is 15.2. The quantitative estimate of drug-likeness (QED) is 0.932. The van der Waals surface area contributed by atoms with Crippen LogP contribution in [0.5, 0.6) is 0 Å². The first-order chi connectivity index (χ1) is 10.6. The summed E-state index contributed by atoms with van der Waals surface area (Å²) in [5.74, 6) is -0.345. The van der Waals surface area contributed by atoms with Crippen LogP contribution in [0.25, 0.3) is 0 Å². The summed E-state index contributed by atoms with van der Waals surface area (Å²) in [6, 6.07) is 10.1. The predicted molar refractivity (Wildman–Crippen MR) is 83.8 cm³/mol. The molecule has 2 aliphatic rings. The first-order valence-electron chi connectivity index (χ1n) is 8.16. The molecular weight excluding hydrogens is 278 g/mol. The second-order valence-electron chi connectivity index (χ2n) is 6.56. The van der Waals surface area contributed by atoms with E-state index in [2.05, 4.69) is 4.90 Å².